The molecule has 0 saturated carbocycles. The van der Waals surface area contributed by atoms with Crippen LogP contribution in [0.15, 0.2) is 66.0 Å². The highest BCUT2D eigenvalue weighted by Gasteiger charge is 2.33. The van der Waals surface area contributed by atoms with Gasteiger partial charge in [0.05, 0.1) is 11.6 Å². The molecule has 5 rings (SSSR count). The maximum Gasteiger partial charge on any atom is 0.248 e. The minimum atomic E-state index is -0.829. The minimum Gasteiger partial charge on any atom is -0.376 e. The Balaban J connectivity index is 1.47. The number of rotatable bonds is 9. The van der Waals surface area contributed by atoms with Crippen molar-refractivity contribution >= 4 is 45.8 Å². The molecule has 0 radical (unpaired) electrons. The smallest absolute Gasteiger partial charge is 0.248 e. The largest absolute Gasteiger partial charge is 0.376 e. The predicted molar refractivity (Wildman–Crippen MR) is 139 cm³/mol. The molecule has 1 aliphatic heterocycles. The predicted octanol–water partition coefficient (Wildman–Crippen LogP) is 4.21. The van der Waals surface area contributed by atoms with Gasteiger partial charge in [0.2, 0.25) is 11.8 Å². The van der Waals surface area contributed by atoms with E-state index in [4.69, 9.17) is 16.3 Å². The molecule has 10 heteroatoms. The Hall–Kier alpha value is -3.27. The first-order chi connectivity index (χ1) is 17.6. The van der Waals surface area contributed by atoms with E-state index < -0.39 is 6.04 Å². The topological polar surface area (TPSA) is 89.4 Å². The summed E-state index contributed by atoms with van der Waals surface area (Å²) in [6, 6.07) is 17.7. The standard InChI is InChI=1S/C26H26ClN5O3S/c27-20-9-2-1-7-18(20)16-31(24(33)17-32-22-11-4-3-10-21(22)29-30-32)25(23-12-6-14-36-23)26(34)28-15-19-8-5-13-35-19/h1-4,6-7,9-12,14,19,25H,5,8,13,15-17H2,(H,28,34)/t19-,25+/m1/s1. The van der Waals surface area contributed by atoms with Crippen LogP contribution in [0.1, 0.15) is 29.3 Å². The van der Waals surface area contributed by atoms with Crippen LogP contribution in [-0.4, -0.2) is 51.0 Å². The summed E-state index contributed by atoms with van der Waals surface area (Å²) in [5, 5.41) is 13.8. The zero-order valence-electron chi connectivity index (χ0n) is 19.5. The van der Waals surface area contributed by atoms with Gasteiger partial charge < -0.3 is 15.0 Å². The Morgan fingerprint density at radius 1 is 1.17 bits per heavy atom. The average molecular weight is 524 g/mol. The molecule has 4 aromatic rings. The summed E-state index contributed by atoms with van der Waals surface area (Å²) < 4.78 is 7.24. The van der Waals surface area contributed by atoms with Crippen molar-refractivity contribution in [2.24, 2.45) is 0 Å². The van der Waals surface area contributed by atoms with Crippen molar-refractivity contribution in [2.75, 3.05) is 13.2 Å². The third kappa shape index (κ3) is 5.43. The van der Waals surface area contributed by atoms with Gasteiger partial charge in [-0.2, -0.15) is 0 Å². The van der Waals surface area contributed by atoms with Gasteiger partial charge in [0.15, 0.2) is 0 Å². The normalized spacial score (nSPS) is 16.2. The molecule has 1 saturated heterocycles. The van der Waals surface area contributed by atoms with Crippen molar-refractivity contribution in [3.05, 3.63) is 81.5 Å². The molecule has 2 aromatic carbocycles. The second-order valence-corrected chi connectivity index (χ2v) is 10.0. The number of nitrogens with zero attached hydrogens (tertiary/aromatic N) is 4. The molecule has 3 heterocycles. The minimum absolute atomic E-state index is 0.00725. The Morgan fingerprint density at radius 3 is 2.78 bits per heavy atom. The number of carbonyl (C=O) groups is 2. The lowest BCUT2D eigenvalue weighted by Crippen LogP contribution is -2.45. The molecule has 1 aliphatic rings. The van der Waals surface area contributed by atoms with Gasteiger partial charge in [-0.15, -0.1) is 16.4 Å². The molecule has 1 fully saturated rings. The van der Waals surface area contributed by atoms with Gasteiger partial charge in [-0.3, -0.25) is 9.59 Å². The Morgan fingerprint density at radius 2 is 2.00 bits per heavy atom. The Kier molecular flexibility index (Phi) is 7.60. The lowest BCUT2D eigenvalue weighted by Gasteiger charge is -2.31. The van der Waals surface area contributed by atoms with Crippen LogP contribution in [0.2, 0.25) is 5.02 Å². The molecule has 2 atom stereocenters. The summed E-state index contributed by atoms with van der Waals surface area (Å²) in [6.07, 6.45) is 1.89. The highest BCUT2D eigenvalue weighted by atomic mass is 35.5. The van der Waals surface area contributed by atoms with E-state index >= 15 is 0 Å². The van der Waals surface area contributed by atoms with Crippen molar-refractivity contribution in [1.29, 1.82) is 0 Å². The van der Waals surface area contributed by atoms with Gasteiger partial charge in [0, 0.05) is 29.6 Å². The van der Waals surface area contributed by atoms with E-state index in [-0.39, 0.29) is 31.0 Å². The third-order valence-electron chi connectivity index (χ3n) is 6.22. The molecular weight excluding hydrogens is 498 g/mol. The molecule has 1 N–H and O–H groups in total. The summed E-state index contributed by atoms with van der Waals surface area (Å²) in [7, 11) is 0. The molecule has 2 aromatic heterocycles. The zero-order chi connectivity index (χ0) is 24.9. The van der Waals surface area contributed by atoms with Crippen LogP contribution in [-0.2, 0) is 27.4 Å². The van der Waals surface area contributed by atoms with Crippen LogP contribution in [0, 0.1) is 0 Å². The number of fused-ring (bicyclic) bond motifs is 1. The van der Waals surface area contributed by atoms with Crippen LogP contribution in [0.3, 0.4) is 0 Å². The fourth-order valence-electron chi connectivity index (χ4n) is 4.37. The summed E-state index contributed by atoms with van der Waals surface area (Å²) >= 11 is 7.91. The number of thiophene rings is 1. The molecule has 8 nitrogen and oxygen atoms in total. The quantitative estimate of drug-likeness (QED) is 0.355. The van der Waals surface area contributed by atoms with Gasteiger partial charge >= 0.3 is 0 Å². The van der Waals surface area contributed by atoms with Crippen molar-refractivity contribution in [2.45, 2.75) is 38.1 Å². The number of ether oxygens (including phenoxy) is 1. The second-order valence-electron chi connectivity index (χ2n) is 8.65. The summed E-state index contributed by atoms with van der Waals surface area (Å²) in [6.45, 7) is 1.22. The molecule has 2 amide bonds. The SMILES string of the molecule is O=C(NC[C@H]1CCCO1)[C@H](c1cccs1)N(Cc1ccccc1Cl)C(=O)Cn1nnc2ccccc21. The van der Waals surface area contributed by atoms with Crippen molar-refractivity contribution in [1.82, 2.24) is 25.2 Å². The number of nitrogens with one attached hydrogen (secondary N) is 1. The fourth-order valence-corrected chi connectivity index (χ4v) is 5.40. The summed E-state index contributed by atoms with van der Waals surface area (Å²) in [4.78, 5) is 29.8. The fraction of sp³-hybridized carbons (Fsp3) is 0.308. The maximum atomic E-state index is 13.9. The number of carbonyl (C=O) groups excluding carboxylic acids is 2. The number of halogens is 1. The lowest BCUT2D eigenvalue weighted by atomic mass is 10.1. The van der Waals surface area contributed by atoms with Crippen LogP contribution in [0.5, 0.6) is 0 Å². The van der Waals surface area contributed by atoms with Crippen LogP contribution in [0.25, 0.3) is 11.0 Å². The molecule has 0 spiro atoms. The van der Waals surface area contributed by atoms with Crippen LogP contribution in [0.4, 0.5) is 0 Å². The van der Waals surface area contributed by atoms with Gasteiger partial charge in [-0.25, -0.2) is 4.68 Å². The average Bonchev–Trinajstić information content (AvgIpc) is 3.67. The molecule has 186 valence electrons. The van der Waals surface area contributed by atoms with E-state index in [0.717, 1.165) is 28.8 Å². The highest BCUT2D eigenvalue weighted by molar-refractivity contribution is 7.10. The van der Waals surface area contributed by atoms with E-state index in [1.165, 1.54) is 11.3 Å². The van der Waals surface area contributed by atoms with Crippen molar-refractivity contribution in [3.8, 4) is 0 Å². The third-order valence-corrected chi connectivity index (χ3v) is 7.52. The van der Waals surface area contributed by atoms with Gasteiger partial charge in [-0.1, -0.05) is 53.2 Å². The first-order valence-electron chi connectivity index (χ1n) is 11.8. The number of para-hydroxylation sites is 1. The first-order valence-corrected chi connectivity index (χ1v) is 13.1. The van der Waals surface area contributed by atoms with Gasteiger partial charge in [-0.05, 0) is 48.1 Å². The summed E-state index contributed by atoms with van der Waals surface area (Å²) in [5.41, 5.74) is 2.20. The molecule has 0 unspecified atom stereocenters. The number of hydrogen-bond donors (Lipinski definition) is 1. The number of benzene rings is 2. The monoisotopic (exact) mass is 523 g/mol. The first kappa shape index (κ1) is 24.4. The van der Waals surface area contributed by atoms with E-state index in [1.807, 2.05) is 60.0 Å². The van der Waals surface area contributed by atoms with E-state index in [0.29, 0.717) is 23.7 Å². The Bertz CT molecular complexity index is 1340. The van der Waals surface area contributed by atoms with E-state index in [2.05, 4.69) is 15.6 Å². The number of aromatic nitrogens is 3. The molecule has 0 aliphatic carbocycles. The van der Waals surface area contributed by atoms with Crippen molar-refractivity contribution in [3.63, 3.8) is 0 Å². The molecule has 36 heavy (non-hydrogen) atoms. The number of amides is 2. The van der Waals surface area contributed by atoms with Gasteiger partial charge in [0.25, 0.3) is 0 Å². The molecular formula is C26H26ClN5O3S. The van der Waals surface area contributed by atoms with Crippen LogP contribution < -0.4 is 5.32 Å². The van der Waals surface area contributed by atoms with Crippen LogP contribution >= 0.6 is 22.9 Å². The van der Waals surface area contributed by atoms with E-state index in [9.17, 15) is 9.59 Å². The summed E-state index contributed by atoms with van der Waals surface area (Å²) in [5.74, 6) is -0.520. The molecule has 0 bridgehead atoms. The van der Waals surface area contributed by atoms with Crippen molar-refractivity contribution < 1.29 is 14.3 Å². The zero-order valence-corrected chi connectivity index (χ0v) is 21.1. The van der Waals surface area contributed by atoms with Gasteiger partial charge in [0.1, 0.15) is 18.1 Å². The Labute approximate surface area is 217 Å². The number of hydrogen-bond acceptors (Lipinski definition) is 6. The van der Waals surface area contributed by atoms with E-state index in [1.54, 1.807) is 15.6 Å². The second kappa shape index (κ2) is 11.2. The highest BCUT2D eigenvalue weighted by Crippen LogP contribution is 2.30. The lowest BCUT2D eigenvalue weighted by molar-refractivity contribution is -0.142. The maximum absolute atomic E-state index is 13.9.